The first-order valence-corrected chi connectivity index (χ1v) is 41.2. The molecule has 0 spiro atoms. The van der Waals surface area contributed by atoms with Crippen LogP contribution in [0.5, 0.6) is 0 Å². The predicted molar refractivity (Wildman–Crippen MR) is 393 cm³/mol. The number of amides is 3. The fourth-order valence-electron chi connectivity index (χ4n) is 16.9. The molecule has 11 aliphatic heterocycles. The Labute approximate surface area is 725 Å². The molecule has 0 saturated carbocycles. The molecule has 0 aromatic heterocycles. The van der Waals surface area contributed by atoms with Crippen LogP contribution in [0.3, 0.4) is 0 Å². The molecule has 0 radical (unpaired) electrons. The molecule has 3 amide bonds. The second-order valence-corrected chi connectivity index (χ2v) is 33.0. The average Bonchev–Trinajstić information content (AvgIpc) is 0.772. The highest BCUT2D eigenvalue weighted by Gasteiger charge is 2.63. The van der Waals surface area contributed by atoms with Crippen LogP contribution in [0.15, 0.2) is 0 Å². The van der Waals surface area contributed by atoms with Crippen molar-refractivity contribution in [3.05, 3.63) is 0 Å². The van der Waals surface area contributed by atoms with Crippen molar-refractivity contribution >= 4 is 17.7 Å². The van der Waals surface area contributed by atoms with Gasteiger partial charge in [-0.2, -0.15) is 0 Å². The van der Waals surface area contributed by atoms with Crippen LogP contribution in [0.2, 0.25) is 0 Å². The Bertz CT molecular complexity index is 3460. The molecule has 11 saturated heterocycles. The van der Waals surface area contributed by atoms with E-state index in [0.717, 1.165) is 20.8 Å². The number of nitrogens with one attached hydrogen (secondary N) is 3. The molecule has 32 N–H and O–H groups in total. The number of aliphatic hydroxyl groups excluding tert-OH is 29. The second kappa shape index (κ2) is 45.1. The molecule has 11 heterocycles. The summed E-state index contributed by atoms with van der Waals surface area (Å²) in [6.45, 7) is -2.96. The van der Waals surface area contributed by atoms with E-state index in [1.54, 1.807) is 0 Å². The maximum atomic E-state index is 13.8. The molecule has 11 fully saturated rings. The van der Waals surface area contributed by atoms with Gasteiger partial charge in [-0.05, 0) is 20.8 Å². The summed E-state index contributed by atoms with van der Waals surface area (Å²) in [5.74, 6) is -3.08. The van der Waals surface area contributed by atoms with Crippen LogP contribution in [0.4, 0.5) is 0 Å². The van der Waals surface area contributed by atoms with Gasteiger partial charge in [0.2, 0.25) is 17.7 Å². The van der Waals surface area contributed by atoms with E-state index in [-0.39, 0.29) is 0 Å². The molecule has 0 aromatic carbocycles. The standard InChI is InChI=1S/C72H121N3O53/c1-15-32(86)39(93)46(100)66(109-15)121-55-26(12-81)117-64(30(74-19(5)84)58(55)125-69-49(103)42(96)35(89)21(7-76)113-69)127-60-37(91)23(9-78)115-71(51(60)105)123-54-25(11-80)116-63(29(73-18(4)83)57(54)124-68-48(102)41(95)34(88)17(3)111-68)108-14-28-38(92)61(52(106)72(119-28)120-53-24(10-79)112-62(107)45(99)44(53)98)128-65-31(75-20(6)85)59(126-70-50(104)43(97)36(90)22(8-77)114-70)56(27(13-82)118-65)122-67-47(101)40(94)33(87)16(2)110-67/h15-17,21-72,76-82,86-107H,7-14H2,1-6H3,(H,73,83)(H,74,84)(H,75,85)/t15-,16-,17-,21-,22-,23-,24-,25-,26-,27-,28-,29-,30-,31-,32+,33+,34+,35+,36+,37+,38+,39+,40+,41+,42+,43+,44-,45-,46-,47-,48-,49-,50-,51-,52-,53-,54-,55-,56-,57-,58-,59-,60+,61+,62?,63-,64+,65+,66-,67-,68-,69+,70+,71+,72+/m1/s1. The minimum absolute atomic E-state index is 0.900. The van der Waals surface area contributed by atoms with E-state index in [9.17, 15) is 162 Å². The van der Waals surface area contributed by atoms with Gasteiger partial charge >= 0.3 is 0 Å². The van der Waals surface area contributed by atoms with Crippen LogP contribution in [-0.2, 0) is 114 Å². The summed E-state index contributed by atoms with van der Waals surface area (Å²) in [5, 5.41) is 331. The highest BCUT2D eigenvalue weighted by molar-refractivity contribution is 5.74. The largest absolute Gasteiger partial charge is 0.394 e. The number of hydrogen-bond acceptors (Lipinski definition) is 53. The van der Waals surface area contributed by atoms with E-state index in [2.05, 4.69) is 16.0 Å². The van der Waals surface area contributed by atoms with Gasteiger partial charge in [0.05, 0.1) is 71.2 Å². The topological polar surface area (TPSA) is 868 Å². The van der Waals surface area contributed by atoms with Gasteiger partial charge in [0.25, 0.3) is 0 Å². The number of ether oxygens (including phenoxy) is 21. The monoisotopic (exact) mass is 1880 g/mol. The van der Waals surface area contributed by atoms with Gasteiger partial charge in [-0.3, -0.25) is 14.4 Å². The SMILES string of the molecule is CC(=O)N[C@H]1[C@H](O[C@H]2[C@@H](O)[C@@H](CO[C@@H]3O[C@H](CO)[C@@H](O[C@@H]4O[C@H](CO)[C@H](O)[C@H](O[C@@H]5O[C@H](CO)[C@@H](O[C@H]6O[C@H](C)[C@H](O)[C@H](O)[C@H]6O)[C@H](O[C@@H]6O[C@H](CO)[C@H](O)[C@H](O)[C@H]6O)[C@H]5NC(C)=O)[C@H]4O)[C@H](O[C@H]4O[C@H](C)[C@H](O)[C@H](O)[C@H]4O)[C@H]3NC(C)=O)O[C@@H](O[C@H]3[C@H](O)[C@@H](O)C(O)O[C@@H]3CO)[C@@H]2O)O[C@H](CO)[C@@H](O[C@H]2O[C@H](C)[C@H](O)[C@H](O)[C@H]2O)[C@@H]1O[C@@H]1O[C@H](CO)[C@H](O)[C@H](O)[C@H]1O. The van der Waals surface area contributed by atoms with Gasteiger partial charge < -0.3 is 264 Å². The minimum Gasteiger partial charge on any atom is -0.394 e. The molecule has 742 valence electrons. The molecule has 11 aliphatic rings. The lowest BCUT2D eigenvalue weighted by atomic mass is 9.93. The van der Waals surface area contributed by atoms with Crippen molar-refractivity contribution in [2.24, 2.45) is 0 Å². The Morgan fingerprint density at radius 3 is 0.773 bits per heavy atom. The Kier molecular flexibility index (Phi) is 37.0. The summed E-state index contributed by atoms with van der Waals surface area (Å²) in [7, 11) is 0. The summed E-state index contributed by atoms with van der Waals surface area (Å²) < 4.78 is 127. The van der Waals surface area contributed by atoms with Gasteiger partial charge in [0.1, 0.15) is 250 Å². The first-order chi connectivity index (χ1) is 60.5. The van der Waals surface area contributed by atoms with Gasteiger partial charge in [-0.1, -0.05) is 0 Å². The van der Waals surface area contributed by atoms with Gasteiger partial charge in [0.15, 0.2) is 69.2 Å². The van der Waals surface area contributed by atoms with Gasteiger partial charge in [0, 0.05) is 20.8 Å². The Morgan fingerprint density at radius 1 is 0.219 bits per heavy atom. The van der Waals surface area contributed by atoms with E-state index in [1.807, 2.05) is 0 Å². The lowest BCUT2D eigenvalue weighted by Crippen LogP contribution is -2.72. The number of rotatable bonds is 31. The van der Waals surface area contributed by atoms with Crippen LogP contribution < -0.4 is 16.0 Å². The van der Waals surface area contributed by atoms with E-state index in [0.29, 0.717) is 0 Å². The molecular weight excluding hydrogens is 1750 g/mol. The number of hydrogen-bond donors (Lipinski definition) is 32. The van der Waals surface area contributed by atoms with Crippen molar-refractivity contribution in [1.29, 1.82) is 0 Å². The van der Waals surface area contributed by atoms with Crippen molar-refractivity contribution in [3.8, 4) is 0 Å². The third kappa shape index (κ3) is 22.5. The summed E-state index contributed by atoms with van der Waals surface area (Å²) in [5.41, 5.74) is 0. The first-order valence-electron chi connectivity index (χ1n) is 41.2. The summed E-state index contributed by atoms with van der Waals surface area (Å²) in [6.07, 6.45) is -109. The first kappa shape index (κ1) is 105. The number of carbonyl (C=O) groups is 3. The molecule has 1 unspecified atom stereocenters. The normalized spacial score (nSPS) is 51.6. The Hall–Kier alpha value is -3.59. The van der Waals surface area contributed by atoms with Crippen molar-refractivity contribution in [2.75, 3.05) is 52.9 Å². The Morgan fingerprint density at radius 2 is 0.453 bits per heavy atom. The third-order valence-electron chi connectivity index (χ3n) is 24.1. The summed E-state index contributed by atoms with van der Waals surface area (Å²) >= 11 is 0. The van der Waals surface area contributed by atoms with Crippen molar-refractivity contribution in [2.45, 2.75) is 379 Å². The Balaban J connectivity index is 0.937. The maximum Gasteiger partial charge on any atom is 0.217 e. The minimum atomic E-state index is -2.53. The van der Waals surface area contributed by atoms with Crippen molar-refractivity contribution in [3.63, 3.8) is 0 Å². The lowest BCUT2D eigenvalue weighted by molar-refractivity contribution is -0.397. The zero-order valence-electron chi connectivity index (χ0n) is 69.2. The van der Waals surface area contributed by atoms with Crippen molar-refractivity contribution in [1.82, 2.24) is 16.0 Å². The van der Waals surface area contributed by atoms with E-state index in [1.165, 1.54) is 20.8 Å². The molecular formula is C72H121N3O53. The highest BCUT2D eigenvalue weighted by atomic mass is 16.8. The predicted octanol–water partition coefficient (Wildman–Crippen LogP) is -21.5. The van der Waals surface area contributed by atoms with Crippen LogP contribution >= 0.6 is 0 Å². The van der Waals surface area contributed by atoms with E-state index < -0.39 is 408 Å². The molecule has 0 bridgehead atoms. The molecule has 55 atom stereocenters. The molecule has 56 nitrogen and oxygen atoms in total. The fraction of sp³-hybridized carbons (Fsp3) is 0.958. The van der Waals surface area contributed by atoms with Crippen LogP contribution in [0.1, 0.15) is 41.5 Å². The molecule has 128 heavy (non-hydrogen) atoms. The van der Waals surface area contributed by atoms with Crippen LogP contribution in [0, 0.1) is 0 Å². The third-order valence-corrected chi connectivity index (χ3v) is 24.1. The van der Waals surface area contributed by atoms with Gasteiger partial charge in [-0.25, -0.2) is 0 Å². The van der Waals surface area contributed by atoms with E-state index >= 15 is 0 Å². The summed E-state index contributed by atoms with van der Waals surface area (Å²) in [4.78, 5) is 40.8. The van der Waals surface area contributed by atoms with Crippen LogP contribution in [-0.4, -0.2) is 556 Å². The second-order valence-electron chi connectivity index (χ2n) is 33.0. The maximum absolute atomic E-state index is 13.8. The fourth-order valence-corrected chi connectivity index (χ4v) is 16.9. The number of aliphatic hydroxyl groups is 29. The smallest absolute Gasteiger partial charge is 0.217 e. The molecule has 56 heteroatoms. The number of carbonyl (C=O) groups excluding carboxylic acids is 3. The molecule has 0 aromatic rings. The molecule has 11 rings (SSSR count). The quantitative estimate of drug-likeness (QED) is 0.0306. The van der Waals surface area contributed by atoms with Crippen molar-refractivity contribution < 1.29 is 262 Å². The van der Waals surface area contributed by atoms with Crippen LogP contribution in [0.25, 0.3) is 0 Å². The lowest BCUT2D eigenvalue weighted by Gasteiger charge is -2.52. The highest BCUT2D eigenvalue weighted by Crippen LogP contribution is 2.43. The summed E-state index contributed by atoms with van der Waals surface area (Å²) in [6, 6.07) is -6.16. The van der Waals surface area contributed by atoms with Gasteiger partial charge in [-0.15, -0.1) is 0 Å². The zero-order valence-corrected chi connectivity index (χ0v) is 69.2. The average molecular weight is 1880 g/mol. The van der Waals surface area contributed by atoms with E-state index in [4.69, 9.17) is 99.5 Å². The molecule has 0 aliphatic carbocycles. The zero-order chi connectivity index (χ0) is 94.1.